The predicted molar refractivity (Wildman–Crippen MR) is 119 cm³/mol. The molecular formula is C25H24N2O4. The van der Waals surface area contributed by atoms with Crippen molar-refractivity contribution in [2.75, 3.05) is 26.3 Å². The summed E-state index contributed by atoms with van der Waals surface area (Å²) in [6, 6.07) is 22.3. The smallest absolute Gasteiger partial charge is 0.271 e. The lowest BCUT2D eigenvalue weighted by atomic mass is 10.1. The van der Waals surface area contributed by atoms with E-state index in [4.69, 9.17) is 9.47 Å². The van der Waals surface area contributed by atoms with Gasteiger partial charge in [-0.25, -0.2) is 0 Å². The second kappa shape index (κ2) is 9.91. The molecule has 0 spiro atoms. The standard InChI is InChI=1S/C25H24N2O4/c28-24-8-4-5-13-27(24)23(25(29)26-14-16-30-17-15-26)18-20-9-11-22(12-10-20)31-19-21-6-2-1-3-7-21/h1-13,18H,14-17,19H2/b23-18-. The van der Waals surface area contributed by atoms with Gasteiger partial charge in [-0.2, -0.15) is 0 Å². The van der Waals surface area contributed by atoms with Crippen LogP contribution in [0.4, 0.5) is 0 Å². The summed E-state index contributed by atoms with van der Waals surface area (Å²) in [5, 5.41) is 0. The first-order valence-corrected chi connectivity index (χ1v) is 10.2. The molecule has 31 heavy (non-hydrogen) atoms. The fourth-order valence-corrected chi connectivity index (χ4v) is 3.35. The van der Waals surface area contributed by atoms with Gasteiger partial charge in [0.25, 0.3) is 11.5 Å². The van der Waals surface area contributed by atoms with Gasteiger partial charge in [-0.1, -0.05) is 48.5 Å². The Kier molecular flexibility index (Phi) is 6.59. The van der Waals surface area contributed by atoms with Crippen molar-refractivity contribution in [1.82, 2.24) is 9.47 Å². The maximum atomic E-state index is 13.2. The van der Waals surface area contributed by atoms with Gasteiger partial charge in [0.15, 0.2) is 0 Å². The Balaban J connectivity index is 1.57. The summed E-state index contributed by atoms with van der Waals surface area (Å²) >= 11 is 0. The molecule has 2 aromatic carbocycles. The van der Waals surface area contributed by atoms with E-state index < -0.39 is 0 Å². The van der Waals surface area contributed by atoms with Gasteiger partial charge in [0.2, 0.25) is 0 Å². The summed E-state index contributed by atoms with van der Waals surface area (Å²) in [7, 11) is 0. The molecule has 0 atom stereocenters. The molecule has 0 radical (unpaired) electrons. The van der Waals surface area contributed by atoms with E-state index in [0.29, 0.717) is 38.6 Å². The number of hydrogen-bond acceptors (Lipinski definition) is 4. The second-order valence-electron chi connectivity index (χ2n) is 7.19. The number of carbonyl (C=O) groups excluding carboxylic acids is 1. The number of pyridine rings is 1. The normalized spacial score (nSPS) is 14.3. The molecule has 1 aliphatic heterocycles. The summed E-state index contributed by atoms with van der Waals surface area (Å²) in [5.74, 6) is 0.542. The molecule has 0 unspecified atom stereocenters. The van der Waals surface area contributed by atoms with Gasteiger partial charge in [-0.15, -0.1) is 0 Å². The Morgan fingerprint density at radius 3 is 2.35 bits per heavy atom. The number of carbonyl (C=O) groups is 1. The monoisotopic (exact) mass is 416 g/mol. The molecule has 6 heteroatoms. The van der Waals surface area contributed by atoms with Crippen LogP contribution in [0.15, 0.2) is 83.8 Å². The lowest BCUT2D eigenvalue weighted by Gasteiger charge is -2.28. The number of aromatic nitrogens is 1. The van der Waals surface area contributed by atoms with Crippen molar-refractivity contribution in [1.29, 1.82) is 0 Å². The molecule has 0 bridgehead atoms. The number of amides is 1. The molecule has 1 saturated heterocycles. The molecule has 1 aliphatic rings. The van der Waals surface area contributed by atoms with Crippen LogP contribution in [0.25, 0.3) is 11.8 Å². The zero-order chi connectivity index (χ0) is 21.5. The number of rotatable bonds is 6. The van der Waals surface area contributed by atoms with Gasteiger partial charge in [0.1, 0.15) is 18.1 Å². The molecule has 6 nitrogen and oxygen atoms in total. The zero-order valence-electron chi connectivity index (χ0n) is 17.1. The van der Waals surface area contributed by atoms with Gasteiger partial charge in [0.05, 0.1) is 13.2 Å². The maximum absolute atomic E-state index is 13.2. The second-order valence-corrected chi connectivity index (χ2v) is 7.19. The van der Waals surface area contributed by atoms with Gasteiger partial charge in [0, 0.05) is 25.4 Å². The highest BCUT2D eigenvalue weighted by Gasteiger charge is 2.22. The van der Waals surface area contributed by atoms with Gasteiger partial charge in [-0.3, -0.25) is 14.2 Å². The minimum atomic E-state index is -0.252. The highest BCUT2D eigenvalue weighted by molar-refractivity contribution is 6.18. The Morgan fingerprint density at radius 1 is 0.935 bits per heavy atom. The number of benzene rings is 2. The highest BCUT2D eigenvalue weighted by Crippen LogP contribution is 2.19. The average Bonchev–Trinajstić information content (AvgIpc) is 2.83. The van der Waals surface area contributed by atoms with Crippen molar-refractivity contribution < 1.29 is 14.3 Å². The van der Waals surface area contributed by atoms with Crippen LogP contribution in [0.2, 0.25) is 0 Å². The predicted octanol–water partition coefficient (Wildman–Crippen LogP) is 3.28. The van der Waals surface area contributed by atoms with E-state index in [-0.39, 0.29) is 11.5 Å². The van der Waals surface area contributed by atoms with Crippen molar-refractivity contribution in [3.8, 4) is 5.75 Å². The van der Waals surface area contributed by atoms with Crippen LogP contribution in [-0.4, -0.2) is 41.7 Å². The summed E-state index contributed by atoms with van der Waals surface area (Å²) < 4.78 is 12.6. The third-order valence-electron chi connectivity index (χ3n) is 5.03. The van der Waals surface area contributed by atoms with E-state index >= 15 is 0 Å². The molecule has 0 saturated carbocycles. The molecule has 0 N–H and O–H groups in total. The highest BCUT2D eigenvalue weighted by atomic mass is 16.5. The molecule has 3 aromatic rings. The first kappa shape index (κ1) is 20.6. The zero-order valence-corrected chi connectivity index (χ0v) is 17.1. The van der Waals surface area contributed by atoms with E-state index in [1.54, 1.807) is 29.3 Å². The largest absolute Gasteiger partial charge is 0.489 e. The average molecular weight is 416 g/mol. The Hall–Kier alpha value is -3.64. The summed E-state index contributed by atoms with van der Waals surface area (Å²) in [4.78, 5) is 27.3. The Bertz CT molecular complexity index is 1100. The van der Waals surface area contributed by atoms with E-state index in [1.807, 2.05) is 54.6 Å². The van der Waals surface area contributed by atoms with Crippen LogP contribution in [0.5, 0.6) is 5.75 Å². The topological polar surface area (TPSA) is 60.8 Å². The first-order chi connectivity index (χ1) is 15.2. The molecule has 2 heterocycles. The van der Waals surface area contributed by atoms with Crippen LogP contribution >= 0.6 is 0 Å². The third-order valence-corrected chi connectivity index (χ3v) is 5.03. The van der Waals surface area contributed by atoms with Gasteiger partial charge in [-0.05, 0) is 35.4 Å². The first-order valence-electron chi connectivity index (χ1n) is 10.2. The summed E-state index contributed by atoms with van der Waals surface area (Å²) in [6.07, 6.45) is 3.35. The Labute approximate surface area is 181 Å². The SMILES string of the molecule is O=C(/C(=C/c1ccc(OCc2ccccc2)cc1)n1ccccc1=O)N1CCOCC1. The molecule has 1 aromatic heterocycles. The molecule has 1 amide bonds. The van der Waals surface area contributed by atoms with Crippen molar-refractivity contribution in [2.45, 2.75) is 6.61 Å². The van der Waals surface area contributed by atoms with Crippen LogP contribution in [0, 0.1) is 0 Å². The number of morpholine rings is 1. The van der Waals surface area contributed by atoms with Gasteiger partial charge < -0.3 is 14.4 Å². The lowest BCUT2D eigenvalue weighted by Crippen LogP contribution is -2.42. The molecule has 4 rings (SSSR count). The van der Waals surface area contributed by atoms with E-state index in [1.165, 1.54) is 10.6 Å². The summed E-state index contributed by atoms with van der Waals surface area (Å²) in [5.41, 5.74) is 1.95. The molecule has 0 aliphatic carbocycles. The van der Waals surface area contributed by atoms with Crippen molar-refractivity contribution >= 4 is 17.7 Å². The van der Waals surface area contributed by atoms with Crippen LogP contribution in [-0.2, 0) is 16.1 Å². The van der Waals surface area contributed by atoms with E-state index in [0.717, 1.165) is 16.9 Å². The van der Waals surface area contributed by atoms with Crippen LogP contribution in [0.1, 0.15) is 11.1 Å². The fourth-order valence-electron chi connectivity index (χ4n) is 3.35. The van der Waals surface area contributed by atoms with E-state index in [2.05, 4.69) is 0 Å². The number of hydrogen-bond donors (Lipinski definition) is 0. The van der Waals surface area contributed by atoms with Crippen LogP contribution in [0.3, 0.4) is 0 Å². The third kappa shape index (κ3) is 5.29. The molecule has 1 fully saturated rings. The van der Waals surface area contributed by atoms with Crippen molar-refractivity contribution in [3.05, 3.63) is 100 Å². The minimum absolute atomic E-state index is 0.194. The lowest BCUT2D eigenvalue weighted by molar-refractivity contribution is -0.129. The number of ether oxygens (including phenoxy) is 2. The minimum Gasteiger partial charge on any atom is -0.489 e. The molecular weight excluding hydrogens is 392 g/mol. The van der Waals surface area contributed by atoms with E-state index in [9.17, 15) is 9.59 Å². The Morgan fingerprint density at radius 2 is 1.65 bits per heavy atom. The maximum Gasteiger partial charge on any atom is 0.271 e. The number of nitrogens with zero attached hydrogens (tertiary/aromatic N) is 2. The fraction of sp³-hybridized carbons (Fsp3) is 0.200. The van der Waals surface area contributed by atoms with Crippen molar-refractivity contribution in [2.24, 2.45) is 0 Å². The van der Waals surface area contributed by atoms with Crippen molar-refractivity contribution in [3.63, 3.8) is 0 Å². The summed E-state index contributed by atoms with van der Waals surface area (Å²) in [6.45, 7) is 2.48. The van der Waals surface area contributed by atoms with Crippen LogP contribution < -0.4 is 10.3 Å². The molecule has 158 valence electrons. The van der Waals surface area contributed by atoms with Gasteiger partial charge >= 0.3 is 0 Å². The quantitative estimate of drug-likeness (QED) is 0.579.